The monoisotopic (exact) mass is 252 g/mol. The lowest BCUT2D eigenvalue weighted by Crippen LogP contribution is -2.38. The molecular formula is C16H32N2. The Morgan fingerprint density at radius 3 is 1.94 bits per heavy atom. The van der Waals surface area contributed by atoms with E-state index in [-0.39, 0.29) is 0 Å². The molecule has 0 amide bonds. The van der Waals surface area contributed by atoms with Gasteiger partial charge in [-0.15, -0.1) is 0 Å². The number of hydrogen-bond donors (Lipinski definition) is 1. The van der Waals surface area contributed by atoms with E-state index >= 15 is 0 Å². The van der Waals surface area contributed by atoms with Crippen molar-refractivity contribution in [3.8, 4) is 0 Å². The van der Waals surface area contributed by atoms with Gasteiger partial charge in [0.05, 0.1) is 0 Å². The number of nitrogens with zero attached hydrogens (tertiary/aromatic N) is 1. The van der Waals surface area contributed by atoms with Crippen molar-refractivity contribution < 1.29 is 0 Å². The maximum atomic E-state index is 6.09. The van der Waals surface area contributed by atoms with Crippen LogP contribution in [0.3, 0.4) is 0 Å². The van der Waals surface area contributed by atoms with Gasteiger partial charge >= 0.3 is 0 Å². The van der Waals surface area contributed by atoms with Crippen molar-refractivity contribution in [2.75, 3.05) is 26.2 Å². The minimum Gasteiger partial charge on any atom is -0.330 e. The second kappa shape index (κ2) is 7.49. The lowest BCUT2D eigenvalue weighted by atomic mass is 9.72. The van der Waals surface area contributed by atoms with Crippen molar-refractivity contribution in [1.29, 1.82) is 0 Å². The molecule has 0 radical (unpaired) electrons. The summed E-state index contributed by atoms with van der Waals surface area (Å²) in [7, 11) is 0. The lowest BCUT2D eigenvalue weighted by molar-refractivity contribution is 0.142. The van der Waals surface area contributed by atoms with E-state index in [0.29, 0.717) is 5.41 Å². The SMILES string of the molecule is NCC1(CCN2CCCCCCC2)CCCCC1. The van der Waals surface area contributed by atoms with E-state index < -0.39 is 0 Å². The third-order valence-electron chi connectivity index (χ3n) is 5.25. The molecule has 1 aliphatic heterocycles. The molecule has 2 fully saturated rings. The van der Waals surface area contributed by atoms with Crippen LogP contribution >= 0.6 is 0 Å². The summed E-state index contributed by atoms with van der Waals surface area (Å²) >= 11 is 0. The molecule has 1 saturated carbocycles. The fourth-order valence-corrected chi connectivity index (χ4v) is 3.79. The van der Waals surface area contributed by atoms with E-state index in [9.17, 15) is 0 Å². The van der Waals surface area contributed by atoms with Gasteiger partial charge in [-0.1, -0.05) is 38.5 Å². The van der Waals surface area contributed by atoms with Gasteiger partial charge in [-0.05, 0) is 63.7 Å². The highest BCUT2D eigenvalue weighted by molar-refractivity contribution is 4.84. The van der Waals surface area contributed by atoms with Gasteiger partial charge in [-0.2, -0.15) is 0 Å². The second-order valence-corrected chi connectivity index (χ2v) is 6.62. The number of likely N-dealkylation sites (tertiary alicyclic amines) is 1. The Morgan fingerprint density at radius 1 is 0.778 bits per heavy atom. The minimum atomic E-state index is 0.501. The first kappa shape index (κ1) is 14.3. The van der Waals surface area contributed by atoms with Crippen LogP contribution < -0.4 is 5.73 Å². The molecule has 1 aliphatic carbocycles. The molecule has 2 nitrogen and oxygen atoms in total. The first-order valence-electron chi connectivity index (χ1n) is 8.27. The maximum absolute atomic E-state index is 6.09. The molecule has 1 saturated heterocycles. The molecule has 0 aromatic heterocycles. The lowest BCUT2D eigenvalue weighted by Gasteiger charge is -2.38. The van der Waals surface area contributed by atoms with Crippen molar-refractivity contribution >= 4 is 0 Å². The summed E-state index contributed by atoms with van der Waals surface area (Å²) in [6.07, 6.45) is 15.6. The second-order valence-electron chi connectivity index (χ2n) is 6.62. The Morgan fingerprint density at radius 2 is 1.33 bits per heavy atom. The predicted octanol–water partition coefficient (Wildman–Crippen LogP) is 3.55. The van der Waals surface area contributed by atoms with E-state index in [1.807, 2.05) is 0 Å². The fraction of sp³-hybridized carbons (Fsp3) is 1.00. The van der Waals surface area contributed by atoms with Gasteiger partial charge in [0.1, 0.15) is 0 Å². The van der Waals surface area contributed by atoms with Gasteiger partial charge in [0.25, 0.3) is 0 Å². The summed E-state index contributed by atoms with van der Waals surface area (Å²) in [6.45, 7) is 4.89. The number of nitrogens with two attached hydrogens (primary N) is 1. The highest BCUT2D eigenvalue weighted by atomic mass is 15.1. The van der Waals surface area contributed by atoms with Crippen molar-refractivity contribution in [1.82, 2.24) is 4.90 Å². The summed E-state index contributed by atoms with van der Waals surface area (Å²) in [5, 5.41) is 0. The van der Waals surface area contributed by atoms with Crippen molar-refractivity contribution in [3.63, 3.8) is 0 Å². The molecule has 2 rings (SSSR count). The number of rotatable bonds is 4. The molecule has 18 heavy (non-hydrogen) atoms. The average Bonchev–Trinajstić information content (AvgIpc) is 2.38. The Bertz CT molecular complexity index is 213. The molecular weight excluding hydrogens is 220 g/mol. The third-order valence-corrected chi connectivity index (χ3v) is 5.25. The van der Waals surface area contributed by atoms with E-state index in [2.05, 4.69) is 4.90 Å². The summed E-state index contributed by atoms with van der Waals surface area (Å²) in [5.74, 6) is 0. The largest absolute Gasteiger partial charge is 0.330 e. The topological polar surface area (TPSA) is 29.3 Å². The van der Waals surface area contributed by atoms with Crippen molar-refractivity contribution in [2.24, 2.45) is 11.1 Å². The summed E-state index contributed by atoms with van der Waals surface area (Å²) in [5.41, 5.74) is 6.59. The van der Waals surface area contributed by atoms with Gasteiger partial charge in [0, 0.05) is 0 Å². The van der Waals surface area contributed by atoms with Gasteiger partial charge in [0.2, 0.25) is 0 Å². The van der Waals surface area contributed by atoms with Crippen LogP contribution in [-0.4, -0.2) is 31.1 Å². The molecule has 1 heterocycles. The average molecular weight is 252 g/mol. The maximum Gasteiger partial charge on any atom is -0.00130 e. The quantitative estimate of drug-likeness (QED) is 0.829. The summed E-state index contributed by atoms with van der Waals surface area (Å²) in [4.78, 5) is 2.71. The third kappa shape index (κ3) is 4.24. The van der Waals surface area contributed by atoms with Gasteiger partial charge in [0.15, 0.2) is 0 Å². The summed E-state index contributed by atoms with van der Waals surface area (Å²) in [6, 6.07) is 0. The molecule has 0 spiro atoms. The van der Waals surface area contributed by atoms with Crippen LogP contribution in [0.1, 0.15) is 70.6 Å². The van der Waals surface area contributed by atoms with Crippen LogP contribution in [0.4, 0.5) is 0 Å². The Hall–Kier alpha value is -0.0800. The Balaban J connectivity index is 1.76. The van der Waals surface area contributed by atoms with Gasteiger partial charge in [-0.25, -0.2) is 0 Å². The molecule has 106 valence electrons. The van der Waals surface area contributed by atoms with Crippen LogP contribution in [0.25, 0.3) is 0 Å². The highest BCUT2D eigenvalue weighted by Gasteiger charge is 2.30. The fourth-order valence-electron chi connectivity index (χ4n) is 3.79. The standard InChI is InChI=1S/C16H32N2/c17-15-16(9-5-4-6-10-16)11-14-18-12-7-2-1-3-8-13-18/h1-15,17H2. The molecule has 0 aromatic carbocycles. The molecule has 0 atom stereocenters. The van der Waals surface area contributed by atoms with Gasteiger partial charge < -0.3 is 10.6 Å². The Labute approximate surface area is 113 Å². The van der Waals surface area contributed by atoms with Crippen LogP contribution in [0.2, 0.25) is 0 Å². The van der Waals surface area contributed by atoms with Crippen molar-refractivity contribution in [2.45, 2.75) is 70.6 Å². The minimum absolute atomic E-state index is 0.501. The predicted molar refractivity (Wildman–Crippen MR) is 78.7 cm³/mol. The van der Waals surface area contributed by atoms with Gasteiger partial charge in [-0.3, -0.25) is 0 Å². The van der Waals surface area contributed by atoms with E-state index in [4.69, 9.17) is 5.73 Å². The smallest absolute Gasteiger partial charge is 0.00130 e. The Kier molecular flexibility index (Phi) is 5.97. The molecule has 2 heteroatoms. The highest BCUT2D eigenvalue weighted by Crippen LogP contribution is 2.38. The van der Waals surface area contributed by atoms with E-state index in [0.717, 1.165) is 6.54 Å². The molecule has 0 unspecified atom stereocenters. The van der Waals surface area contributed by atoms with Crippen LogP contribution in [0.15, 0.2) is 0 Å². The van der Waals surface area contributed by atoms with E-state index in [1.165, 1.54) is 90.3 Å². The van der Waals surface area contributed by atoms with Crippen LogP contribution in [0.5, 0.6) is 0 Å². The first-order valence-corrected chi connectivity index (χ1v) is 8.27. The van der Waals surface area contributed by atoms with Crippen LogP contribution in [-0.2, 0) is 0 Å². The number of hydrogen-bond acceptors (Lipinski definition) is 2. The van der Waals surface area contributed by atoms with Crippen molar-refractivity contribution in [3.05, 3.63) is 0 Å². The normalized spacial score (nSPS) is 26.5. The van der Waals surface area contributed by atoms with E-state index in [1.54, 1.807) is 0 Å². The molecule has 0 aromatic rings. The van der Waals surface area contributed by atoms with Crippen LogP contribution in [0, 0.1) is 5.41 Å². The zero-order chi connectivity index (χ0) is 12.7. The zero-order valence-electron chi connectivity index (χ0n) is 12.1. The molecule has 0 bridgehead atoms. The summed E-state index contributed by atoms with van der Waals surface area (Å²) < 4.78 is 0. The molecule has 2 N–H and O–H groups in total. The zero-order valence-corrected chi connectivity index (χ0v) is 12.1. The first-order chi connectivity index (χ1) is 8.85. The molecule has 2 aliphatic rings.